The lowest BCUT2D eigenvalue weighted by atomic mass is 10.0. The molecule has 6 atom stereocenters. The Morgan fingerprint density at radius 1 is 0.925 bits per heavy atom. The Balaban J connectivity index is 3.14. The number of carbonyl (C=O) groups is 6. The zero-order chi connectivity index (χ0) is 30.4. The van der Waals surface area contributed by atoms with E-state index in [1.807, 2.05) is 0 Å². The molecule has 1 aromatic carbocycles. The average Bonchev–Trinajstić information content (AvgIpc) is 2.91. The van der Waals surface area contributed by atoms with Gasteiger partial charge in [-0.2, -0.15) is 18.5 Å². The Bertz CT molecular complexity index is 1040. The number of quaternary nitrogens is 1. The number of aliphatic carboxylic acids is 2. The minimum absolute atomic E-state index is 0.0289. The lowest BCUT2D eigenvalue weighted by molar-refractivity contribution is -0.417. The molecule has 0 saturated carbocycles. The molecule has 0 spiro atoms. The van der Waals surface area contributed by atoms with Crippen LogP contribution in [0.3, 0.4) is 0 Å². The highest BCUT2D eigenvalue weighted by Crippen LogP contribution is 2.10. The van der Waals surface area contributed by atoms with Crippen LogP contribution in [0.5, 0.6) is 0 Å². The van der Waals surface area contributed by atoms with Crippen LogP contribution in [0.25, 0.3) is 0 Å². The molecule has 1 unspecified atom stereocenters. The van der Waals surface area contributed by atoms with Crippen molar-refractivity contribution in [2.75, 3.05) is 0 Å². The predicted octanol–water partition coefficient (Wildman–Crippen LogP) is -2.88. The molecule has 1 aromatic rings. The minimum atomic E-state index is -1.72. The number of aliphatic hydroxyl groups is 1. The SMILES string of the molecule is C[C@@H](O)[C@H](NC(=O)[C@H](CCC(=O)O)NC(=O)[C@@H](Cc1ccccc1)NC(=O)C(S)[C@@H]([NH3+])CCC(=O)ON)C(=O)O. The van der Waals surface area contributed by atoms with Crippen molar-refractivity contribution in [1.82, 2.24) is 16.0 Å². The number of hydrogen-bond donors (Lipinski definition) is 9. The molecule has 0 radical (unpaired) electrons. The lowest BCUT2D eigenvalue weighted by Gasteiger charge is -2.26. The maximum atomic E-state index is 13.3. The van der Waals surface area contributed by atoms with E-state index in [0.29, 0.717) is 5.56 Å². The summed E-state index contributed by atoms with van der Waals surface area (Å²) in [6.07, 6.45) is -2.48. The van der Waals surface area contributed by atoms with Gasteiger partial charge in [0.25, 0.3) is 0 Å². The first-order chi connectivity index (χ1) is 18.8. The van der Waals surface area contributed by atoms with E-state index in [1.165, 1.54) is 0 Å². The number of carboxylic acids is 2. The first kappa shape index (κ1) is 34.3. The number of nitrogens with two attached hydrogens (primary N) is 1. The molecule has 16 heteroatoms. The highest BCUT2D eigenvalue weighted by molar-refractivity contribution is 7.81. The van der Waals surface area contributed by atoms with E-state index in [9.17, 15) is 39.0 Å². The number of rotatable bonds is 17. The van der Waals surface area contributed by atoms with Crippen molar-refractivity contribution >= 4 is 48.3 Å². The van der Waals surface area contributed by atoms with Gasteiger partial charge in [-0.1, -0.05) is 30.3 Å². The molecule has 15 nitrogen and oxygen atoms in total. The molecule has 0 saturated heterocycles. The summed E-state index contributed by atoms with van der Waals surface area (Å²) in [5.41, 5.74) is 4.45. The summed E-state index contributed by atoms with van der Waals surface area (Å²) in [6, 6.07) is 3.39. The van der Waals surface area contributed by atoms with Crippen LogP contribution in [0, 0.1) is 0 Å². The van der Waals surface area contributed by atoms with Crippen LogP contribution < -0.4 is 27.6 Å². The van der Waals surface area contributed by atoms with Gasteiger partial charge in [0.2, 0.25) is 17.7 Å². The zero-order valence-corrected chi connectivity index (χ0v) is 22.7. The molecule has 40 heavy (non-hydrogen) atoms. The number of benzene rings is 1. The Kier molecular flexibility index (Phi) is 14.6. The molecule has 0 aromatic heterocycles. The molecule has 0 aliphatic heterocycles. The third-order valence-corrected chi connectivity index (χ3v) is 6.46. The molecule has 3 amide bonds. The van der Waals surface area contributed by atoms with Gasteiger partial charge in [0.05, 0.1) is 12.5 Å². The normalized spacial score (nSPS) is 15.3. The smallest absolute Gasteiger partial charge is 0.328 e. The lowest BCUT2D eigenvalue weighted by Crippen LogP contribution is -2.68. The molecule has 1 rings (SSSR count). The number of carboxylic acid groups (broad SMARTS) is 2. The highest BCUT2D eigenvalue weighted by Gasteiger charge is 2.33. The van der Waals surface area contributed by atoms with Gasteiger partial charge in [-0.05, 0) is 18.9 Å². The van der Waals surface area contributed by atoms with E-state index in [1.54, 1.807) is 30.3 Å². The largest absolute Gasteiger partial charge is 0.481 e. The van der Waals surface area contributed by atoms with Gasteiger partial charge in [0, 0.05) is 19.3 Å². The average molecular weight is 587 g/mol. The fourth-order valence-corrected chi connectivity index (χ4v) is 3.73. The quantitative estimate of drug-likeness (QED) is 0.0661. The van der Waals surface area contributed by atoms with Gasteiger partial charge >= 0.3 is 17.9 Å². The molecule has 222 valence electrons. The Labute approximate surface area is 235 Å². The van der Waals surface area contributed by atoms with Crippen molar-refractivity contribution in [1.29, 1.82) is 0 Å². The third-order valence-electron chi connectivity index (χ3n) is 5.81. The van der Waals surface area contributed by atoms with Crippen LogP contribution in [0.2, 0.25) is 0 Å². The van der Waals surface area contributed by atoms with Crippen LogP contribution in [0.4, 0.5) is 0 Å². The molecule has 0 aliphatic carbocycles. The summed E-state index contributed by atoms with van der Waals surface area (Å²) in [6.45, 7) is 1.14. The number of hydrogen-bond acceptors (Lipinski definition) is 10. The minimum Gasteiger partial charge on any atom is -0.481 e. The topological polar surface area (TPSA) is 262 Å². The molecule has 0 bridgehead atoms. The van der Waals surface area contributed by atoms with Crippen molar-refractivity contribution in [3.8, 4) is 0 Å². The van der Waals surface area contributed by atoms with Gasteiger partial charge in [0.15, 0.2) is 6.04 Å². The van der Waals surface area contributed by atoms with Crippen molar-refractivity contribution in [2.45, 2.75) is 74.5 Å². The molecule has 0 aliphatic rings. The van der Waals surface area contributed by atoms with Crippen LogP contribution in [-0.4, -0.2) is 86.5 Å². The second kappa shape index (κ2) is 17.1. The first-order valence-corrected chi connectivity index (χ1v) is 12.8. The fourth-order valence-electron chi connectivity index (χ4n) is 3.50. The van der Waals surface area contributed by atoms with Crippen LogP contribution >= 0.6 is 12.6 Å². The second-order valence-corrected chi connectivity index (χ2v) is 9.60. The van der Waals surface area contributed by atoms with E-state index < -0.39 is 84.0 Å². The van der Waals surface area contributed by atoms with Gasteiger partial charge < -0.3 is 41.8 Å². The van der Waals surface area contributed by atoms with E-state index in [4.69, 9.17) is 11.0 Å². The van der Waals surface area contributed by atoms with Crippen molar-refractivity contribution in [3.63, 3.8) is 0 Å². The van der Waals surface area contributed by atoms with Crippen molar-refractivity contribution < 1.29 is 54.7 Å². The van der Waals surface area contributed by atoms with Gasteiger partial charge in [-0.25, -0.2) is 4.79 Å². The standard InChI is InChI=1S/C24H35N5O10S/c1-12(30)19(24(37)38)29-21(34)15(8-9-17(31)32)27-22(35)16(11-13-5-3-2-4-6-13)28-23(36)20(40)14(25)7-10-18(33)39-26/h2-6,12,14-16,19-20,30,40H,7-11,25-26H2,1H3,(H,27,35)(H,28,36)(H,29,34)(H,31,32)(H,37,38)/p+1/t12-,14+,15+,16-,19+,20?/m1/s1. The van der Waals surface area contributed by atoms with E-state index in [-0.39, 0.29) is 19.3 Å². The van der Waals surface area contributed by atoms with Gasteiger partial charge in [0.1, 0.15) is 23.4 Å². The number of carbonyl (C=O) groups excluding carboxylic acids is 4. The Morgan fingerprint density at radius 3 is 2.02 bits per heavy atom. The summed E-state index contributed by atoms with van der Waals surface area (Å²) < 4.78 is 0. The summed E-state index contributed by atoms with van der Waals surface area (Å²) >= 11 is 4.26. The summed E-state index contributed by atoms with van der Waals surface area (Å²) in [4.78, 5) is 77.0. The summed E-state index contributed by atoms with van der Waals surface area (Å²) in [7, 11) is 0. The fraction of sp³-hybridized carbons (Fsp3) is 0.500. The van der Waals surface area contributed by atoms with E-state index in [2.05, 4.69) is 39.2 Å². The first-order valence-electron chi connectivity index (χ1n) is 12.2. The monoisotopic (exact) mass is 586 g/mol. The van der Waals surface area contributed by atoms with Gasteiger partial charge in [-0.15, -0.1) is 0 Å². The molecule has 0 fully saturated rings. The number of thiol groups is 1. The Morgan fingerprint density at radius 2 is 1.50 bits per heavy atom. The van der Waals surface area contributed by atoms with Crippen LogP contribution in [0.15, 0.2) is 30.3 Å². The highest BCUT2D eigenvalue weighted by atomic mass is 32.1. The number of amides is 3. The molecular weight excluding hydrogens is 550 g/mol. The van der Waals surface area contributed by atoms with Crippen molar-refractivity contribution in [2.24, 2.45) is 5.90 Å². The second-order valence-electron chi connectivity index (χ2n) is 9.04. The zero-order valence-electron chi connectivity index (χ0n) is 21.8. The summed E-state index contributed by atoms with van der Waals surface area (Å²) in [5.74, 6) is -1.31. The molecular formula is C24H36N5O10S+. The number of nitrogens with one attached hydrogen (secondary N) is 3. The van der Waals surface area contributed by atoms with Crippen molar-refractivity contribution in [3.05, 3.63) is 35.9 Å². The van der Waals surface area contributed by atoms with E-state index in [0.717, 1.165) is 6.92 Å². The van der Waals surface area contributed by atoms with Gasteiger partial charge in [-0.3, -0.25) is 24.0 Å². The Hall–Kier alpha value is -3.73. The maximum absolute atomic E-state index is 13.3. The maximum Gasteiger partial charge on any atom is 0.328 e. The van der Waals surface area contributed by atoms with Crippen LogP contribution in [-0.2, 0) is 40.0 Å². The summed E-state index contributed by atoms with van der Waals surface area (Å²) in [5, 5.41) is 34.0. The predicted molar refractivity (Wildman–Crippen MR) is 141 cm³/mol. The van der Waals surface area contributed by atoms with Crippen LogP contribution in [0.1, 0.15) is 38.2 Å². The van der Waals surface area contributed by atoms with E-state index >= 15 is 0 Å². The third kappa shape index (κ3) is 12.0. The number of aliphatic hydroxyl groups excluding tert-OH is 1. The molecule has 0 heterocycles. The molecule has 11 N–H and O–H groups in total.